The summed E-state index contributed by atoms with van der Waals surface area (Å²) in [5, 5.41) is 17.6. The van der Waals surface area contributed by atoms with E-state index in [0.717, 1.165) is 6.07 Å². The molecule has 0 saturated heterocycles. The average Bonchev–Trinajstić information content (AvgIpc) is 2.58. The average molecular weight is 328 g/mol. The Balaban J connectivity index is 3.03. The van der Waals surface area contributed by atoms with Gasteiger partial charge in [-0.15, -0.1) is 0 Å². The van der Waals surface area contributed by atoms with Gasteiger partial charge in [0.25, 0.3) is 0 Å². The number of carboxylic acid groups (broad SMARTS) is 1. The summed E-state index contributed by atoms with van der Waals surface area (Å²) < 4.78 is 30.0. The number of sulfonamides is 1. The first-order chi connectivity index (χ1) is 7.74. The summed E-state index contributed by atoms with van der Waals surface area (Å²) in [6, 6.07) is 0.886. The SMILES string of the molecule is CC(O)CNS(=O)(=O)c1cc(C(=O)O)oc1Br. The van der Waals surface area contributed by atoms with Gasteiger partial charge < -0.3 is 14.6 Å². The third-order valence-corrected chi connectivity index (χ3v) is 4.01. The molecule has 9 heteroatoms. The highest BCUT2D eigenvalue weighted by molar-refractivity contribution is 9.10. The van der Waals surface area contributed by atoms with Crippen molar-refractivity contribution < 1.29 is 27.8 Å². The van der Waals surface area contributed by atoms with E-state index >= 15 is 0 Å². The number of carbonyl (C=O) groups is 1. The van der Waals surface area contributed by atoms with E-state index < -0.39 is 27.9 Å². The van der Waals surface area contributed by atoms with E-state index in [0.29, 0.717) is 0 Å². The first-order valence-corrected chi connectivity index (χ1v) is 6.72. The quantitative estimate of drug-likeness (QED) is 0.720. The van der Waals surface area contributed by atoms with Gasteiger partial charge in [0.1, 0.15) is 4.90 Å². The van der Waals surface area contributed by atoms with E-state index in [-0.39, 0.29) is 16.1 Å². The maximum absolute atomic E-state index is 11.7. The summed E-state index contributed by atoms with van der Waals surface area (Å²) in [5.41, 5.74) is 0. The second kappa shape index (κ2) is 5.17. The molecule has 0 amide bonds. The lowest BCUT2D eigenvalue weighted by atomic mass is 10.4. The van der Waals surface area contributed by atoms with E-state index in [4.69, 9.17) is 14.6 Å². The standard InChI is InChI=1S/C8H10BrNO6S/c1-4(11)3-10-17(14,15)6-2-5(8(12)13)16-7(6)9/h2,4,10-11H,3H2,1H3,(H,12,13). The number of aliphatic hydroxyl groups is 1. The third kappa shape index (κ3) is 3.53. The van der Waals surface area contributed by atoms with E-state index in [2.05, 4.69) is 20.7 Å². The zero-order valence-electron chi connectivity index (χ0n) is 8.68. The molecule has 0 saturated carbocycles. The predicted octanol–water partition coefficient (Wildman–Crippen LogP) is 0.399. The molecule has 1 aromatic rings. The number of halogens is 1. The Hall–Kier alpha value is -0.900. The van der Waals surface area contributed by atoms with Gasteiger partial charge in [-0.05, 0) is 22.9 Å². The Bertz CT molecular complexity index is 520. The largest absolute Gasteiger partial charge is 0.475 e. The van der Waals surface area contributed by atoms with Crippen molar-refractivity contribution in [3.8, 4) is 0 Å². The molecule has 0 radical (unpaired) electrons. The van der Waals surface area contributed by atoms with E-state index in [1.165, 1.54) is 6.92 Å². The lowest BCUT2D eigenvalue weighted by molar-refractivity contribution is 0.0661. The topological polar surface area (TPSA) is 117 Å². The number of aliphatic hydroxyl groups excluding tert-OH is 1. The van der Waals surface area contributed by atoms with Crippen LogP contribution in [0.15, 0.2) is 20.0 Å². The zero-order chi connectivity index (χ0) is 13.2. The highest BCUT2D eigenvalue weighted by Crippen LogP contribution is 2.25. The van der Waals surface area contributed by atoms with Gasteiger partial charge in [0.15, 0.2) is 4.67 Å². The molecule has 0 aliphatic rings. The number of hydrogen-bond acceptors (Lipinski definition) is 5. The summed E-state index contributed by atoms with van der Waals surface area (Å²) >= 11 is 2.82. The van der Waals surface area contributed by atoms with Crippen molar-refractivity contribution in [2.45, 2.75) is 17.9 Å². The van der Waals surface area contributed by atoms with Crippen molar-refractivity contribution in [1.29, 1.82) is 0 Å². The summed E-state index contributed by atoms with van der Waals surface area (Å²) in [7, 11) is -3.91. The fraction of sp³-hybridized carbons (Fsp3) is 0.375. The van der Waals surface area contributed by atoms with Crippen molar-refractivity contribution in [3.05, 3.63) is 16.5 Å². The molecule has 0 aliphatic carbocycles. The molecular weight excluding hydrogens is 318 g/mol. The van der Waals surface area contributed by atoms with Crippen LogP contribution in [0, 0.1) is 0 Å². The fourth-order valence-electron chi connectivity index (χ4n) is 0.949. The minimum atomic E-state index is -3.91. The molecular formula is C8H10BrNO6S. The molecule has 0 spiro atoms. The molecule has 0 bridgehead atoms. The van der Waals surface area contributed by atoms with E-state index in [1.807, 2.05) is 0 Å². The van der Waals surface area contributed by atoms with Crippen LogP contribution in [0.5, 0.6) is 0 Å². The lowest BCUT2D eigenvalue weighted by Gasteiger charge is -2.06. The molecule has 7 nitrogen and oxygen atoms in total. The van der Waals surface area contributed by atoms with Gasteiger partial charge in [-0.1, -0.05) is 0 Å². The smallest absolute Gasteiger partial charge is 0.371 e. The predicted molar refractivity (Wildman–Crippen MR) is 60.2 cm³/mol. The molecule has 3 N–H and O–H groups in total. The Morgan fingerprint density at radius 3 is 2.65 bits per heavy atom. The number of hydrogen-bond donors (Lipinski definition) is 3. The molecule has 1 rings (SSSR count). The van der Waals surface area contributed by atoms with Crippen LogP contribution in [0.1, 0.15) is 17.5 Å². The minimum Gasteiger partial charge on any atom is -0.475 e. The number of carboxylic acids is 1. The van der Waals surface area contributed by atoms with Crippen molar-refractivity contribution in [3.63, 3.8) is 0 Å². The van der Waals surface area contributed by atoms with Crippen LogP contribution in [0.2, 0.25) is 0 Å². The molecule has 0 fully saturated rings. The molecule has 1 atom stereocenters. The Kier molecular flexibility index (Phi) is 4.31. The molecule has 0 aliphatic heterocycles. The van der Waals surface area contributed by atoms with Crippen LogP contribution in [0.25, 0.3) is 0 Å². The highest BCUT2D eigenvalue weighted by Gasteiger charge is 2.24. The summed E-state index contributed by atoms with van der Waals surface area (Å²) in [4.78, 5) is 10.3. The molecule has 17 heavy (non-hydrogen) atoms. The molecule has 1 aromatic heterocycles. The summed E-state index contributed by atoms with van der Waals surface area (Å²) in [6.45, 7) is 1.23. The molecule has 1 unspecified atom stereocenters. The number of rotatable bonds is 5. The Morgan fingerprint density at radius 2 is 2.24 bits per heavy atom. The normalized spacial score (nSPS) is 13.6. The van der Waals surface area contributed by atoms with Crippen molar-refractivity contribution in [1.82, 2.24) is 4.72 Å². The van der Waals surface area contributed by atoms with Crippen LogP contribution < -0.4 is 4.72 Å². The van der Waals surface area contributed by atoms with Gasteiger partial charge in [-0.2, -0.15) is 0 Å². The monoisotopic (exact) mass is 327 g/mol. The fourth-order valence-corrected chi connectivity index (χ4v) is 3.01. The molecule has 96 valence electrons. The van der Waals surface area contributed by atoms with Gasteiger partial charge in [-0.25, -0.2) is 17.9 Å². The third-order valence-electron chi connectivity index (χ3n) is 1.72. The van der Waals surface area contributed by atoms with Crippen LogP contribution in [-0.4, -0.2) is 37.2 Å². The van der Waals surface area contributed by atoms with Crippen LogP contribution in [0.4, 0.5) is 0 Å². The van der Waals surface area contributed by atoms with E-state index in [1.54, 1.807) is 0 Å². The van der Waals surface area contributed by atoms with Gasteiger partial charge in [-0.3, -0.25) is 0 Å². The van der Waals surface area contributed by atoms with Gasteiger partial charge in [0.05, 0.1) is 6.10 Å². The van der Waals surface area contributed by atoms with E-state index in [9.17, 15) is 13.2 Å². The maximum Gasteiger partial charge on any atom is 0.371 e. The van der Waals surface area contributed by atoms with Gasteiger partial charge in [0.2, 0.25) is 15.8 Å². The minimum absolute atomic E-state index is 0.178. The van der Waals surface area contributed by atoms with Crippen LogP contribution in [-0.2, 0) is 10.0 Å². The lowest BCUT2D eigenvalue weighted by Crippen LogP contribution is -2.30. The second-order valence-electron chi connectivity index (χ2n) is 3.25. The van der Waals surface area contributed by atoms with Crippen molar-refractivity contribution >= 4 is 31.9 Å². The maximum atomic E-state index is 11.7. The summed E-state index contributed by atoms with van der Waals surface area (Å²) in [6.07, 6.45) is -0.852. The zero-order valence-corrected chi connectivity index (χ0v) is 11.1. The van der Waals surface area contributed by atoms with Crippen molar-refractivity contribution in [2.75, 3.05) is 6.54 Å². The Morgan fingerprint density at radius 1 is 1.65 bits per heavy atom. The molecule has 1 heterocycles. The summed E-state index contributed by atoms with van der Waals surface area (Å²) in [5.74, 6) is -1.86. The Labute approximate surface area is 106 Å². The first-order valence-electron chi connectivity index (χ1n) is 4.44. The number of aromatic carboxylic acids is 1. The second-order valence-corrected chi connectivity index (χ2v) is 5.71. The first kappa shape index (κ1) is 14.2. The van der Waals surface area contributed by atoms with Gasteiger partial charge >= 0.3 is 5.97 Å². The van der Waals surface area contributed by atoms with Crippen molar-refractivity contribution in [2.24, 2.45) is 0 Å². The number of furan rings is 1. The van der Waals surface area contributed by atoms with Crippen LogP contribution in [0.3, 0.4) is 0 Å². The van der Waals surface area contributed by atoms with Gasteiger partial charge in [0, 0.05) is 12.6 Å². The van der Waals surface area contributed by atoms with Crippen LogP contribution >= 0.6 is 15.9 Å². The highest BCUT2D eigenvalue weighted by atomic mass is 79.9. The number of nitrogens with one attached hydrogen (secondary N) is 1. The molecule has 0 aromatic carbocycles.